The van der Waals surface area contributed by atoms with E-state index in [-0.39, 0.29) is 17.2 Å². The number of imidazole rings is 1. The Balaban J connectivity index is 1.52. The number of nitrogens with one attached hydrogen (secondary N) is 3. The molecule has 2 unspecified atom stereocenters. The van der Waals surface area contributed by atoms with Gasteiger partial charge in [-0.15, -0.1) is 5.92 Å². The molecule has 10 heteroatoms. The first kappa shape index (κ1) is 25.5. The standard InChI is InChI=1S/C30H30N8O2/c1-3-4-16-33-30(2)15-10-17-37(38-28(39)25-27(32-19-31-25)36-29(38)40)24(30)18-23-21-13-8-9-14-22(21)34-26(35-23)20-11-6-5-7-12-20/h5-9,11-14,19,24,33H,10,15-18H2,1-2H3,(H,31,32)(H,36,40). The van der Waals surface area contributed by atoms with Crippen molar-refractivity contribution in [1.29, 1.82) is 0 Å². The Labute approximate surface area is 230 Å². The van der Waals surface area contributed by atoms with Crippen LogP contribution in [0.2, 0.25) is 0 Å². The summed E-state index contributed by atoms with van der Waals surface area (Å²) in [6.07, 6.45) is 3.51. The minimum atomic E-state index is -0.523. The molecule has 1 fully saturated rings. The number of hydrogen-bond donors (Lipinski definition) is 3. The molecule has 2 atom stereocenters. The number of benzene rings is 2. The number of piperidine rings is 1. The van der Waals surface area contributed by atoms with Crippen molar-refractivity contribution >= 4 is 22.1 Å². The molecule has 3 aromatic heterocycles. The predicted octanol–water partition coefficient (Wildman–Crippen LogP) is 2.74. The maximum absolute atomic E-state index is 13.6. The van der Waals surface area contributed by atoms with Gasteiger partial charge in [0.05, 0.1) is 30.1 Å². The van der Waals surface area contributed by atoms with Crippen molar-refractivity contribution in [1.82, 2.24) is 34.9 Å². The average Bonchev–Trinajstić information content (AvgIpc) is 3.44. The molecule has 2 aromatic carbocycles. The monoisotopic (exact) mass is 534 g/mol. The molecule has 1 saturated heterocycles. The largest absolute Gasteiger partial charge is 0.349 e. The Morgan fingerprint density at radius 3 is 2.73 bits per heavy atom. The molecular weight excluding hydrogens is 504 g/mol. The maximum Gasteiger partial charge on any atom is 0.349 e. The molecule has 6 rings (SSSR count). The lowest BCUT2D eigenvalue weighted by Crippen LogP contribution is -2.69. The fraction of sp³-hybridized carbons (Fsp3) is 0.300. The predicted molar refractivity (Wildman–Crippen MR) is 156 cm³/mol. The number of aromatic nitrogens is 6. The van der Waals surface area contributed by atoms with E-state index in [0.29, 0.717) is 25.3 Å². The van der Waals surface area contributed by atoms with Gasteiger partial charge in [-0.05, 0) is 32.8 Å². The molecule has 202 valence electrons. The molecule has 5 aromatic rings. The van der Waals surface area contributed by atoms with Crippen molar-refractivity contribution in [3.8, 4) is 23.2 Å². The van der Waals surface area contributed by atoms with Gasteiger partial charge in [0.15, 0.2) is 17.0 Å². The van der Waals surface area contributed by atoms with Gasteiger partial charge in [-0.25, -0.2) is 19.7 Å². The minimum absolute atomic E-state index is 0.244. The van der Waals surface area contributed by atoms with Crippen molar-refractivity contribution in [2.75, 3.05) is 18.1 Å². The zero-order chi connectivity index (χ0) is 27.7. The van der Waals surface area contributed by atoms with Gasteiger partial charge in [0.2, 0.25) is 0 Å². The quantitative estimate of drug-likeness (QED) is 0.286. The fourth-order valence-electron chi connectivity index (χ4n) is 5.71. The second-order valence-electron chi connectivity index (χ2n) is 10.2. The Morgan fingerprint density at radius 1 is 1.10 bits per heavy atom. The summed E-state index contributed by atoms with van der Waals surface area (Å²) in [5.74, 6) is 6.69. The van der Waals surface area contributed by atoms with Crippen molar-refractivity contribution in [2.24, 2.45) is 0 Å². The number of aromatic amines is 2. The molecule has 0 saturated carbocycles. The van der Waals surface area contributed by atoms with E-state index in [1.54, 1.807) is 0 Å². The number of rotatable bonds is 6. The van der Waals surface area contributed by atoms with Crippen molar-refractivity contribution in [3.05, 3.63) is 87.5 Å². The third-order valence-corrected chi connectivity index (χ3v) is 7.76. The third-order valence-electron chi connectivity index (χ3n) is 7.76. The number of nitrogens with zero attached hydrogens (tertiary/aromatic N) is 5. The van der Waals surface area contributed by atoms with Crippen LogP contribution in [0.3, 0.4) is 0 Å². The molecule has 0 spiro atoms. The Bertz CT molecular complexity index is 1860. The summed E-state index contributed by atoms with van der Waals surface area (Å²) in [6.45, 7) is 4.96. The third kappa shape index (κ3) is 4.54. The number of fused-ring (bicyclic) bond motifs is 2. The Morgan fingerprint density at radius 2 is 1.90 bits per heavy atom. The van der Waals surface area contributed by atoms with Crippen LogP contribution in [-0.2, 0) is 6.42 Å². The van der Waals surface area contributed by atoms with Gasteiger partial charge in [0.1, 0.15) is 0 Å². The lowest BCUT2D eigenvalue weighted by atomic mass is 9.80. The molecule has 0 radical (unpaired) electrons. The summed E-state index contributed by atoms with van der Waals surface area (Å²) in [4.78, 5) is 46.5. The summed E-state index contributed by atoms with van der Waals surface area (Å²) < 4.78 is 1.22. The molecule has 10 nitrogen and oxygen atoms in total. The van der Waals surface area contributed by atoms with E-state index in [9.17, 15) is 9.59 Å². The van der Waals surface area contributed by atoms with Crippen molar-refractivity contribution in [3.63, 3.8) is 0 Å². The van der Waals surface area contributed by atoms with Crippen LogP contribution in [0.4, 0.5) is 0 Å². The lowest BCUT2D eigenvalue weighted by Gasteiger charge is -2.49. The first-order chi connectivity index (χ1) is 19.5. The first-order valence-corrected chi connectivity index (χ1v) is 13.4. The average molecular weight is 535 g/mol. The van der Waals surface area contributed by atoms with Crippen LogP contribution >= 0.6 is 0 Å². The zero-order valence-electron chi connectivity index (χ0n) is 22.4. The minimum Gasteiger partial charge on any atom is -0.339 e. The Hall–Kier alpha value is -4.75. The topological polar surface area (TPSA) is 125 Å². The number of hydrogen-bond acceptors (Lipinski definition) is 7. The molecule has 0 bridgehead atoms. The molecule has 3 N–H and O–H groups in total. The van der Waals surface area contributed by atoms with Gasteiger partial charge < -0.3 is 9.99 Å². The van der Waals surface area contributed by atoms with Gasteiger partial charge in [-0.2, -0.15) is 4.68 Å². The van der Waals surface area contributed by atoms with Gasteiger partial charge in [0.25, 0.3) is 0 Å². The first-order valence-electron chi connectivity index (χ1n) is 13.4. The summed E-state index contributed by atoms with van der Waals surface area (Å²) in [6, 6.07) is 17.5. The summed E-state index contributed by atoms with van der Waals surface area (Å²) in [7, 11) is 0. The molecule has 1 aliphatic heterocycles. The second kappa shape index (κ2) is 10.4. The van der Waals surface area contributed by atoms with E-state index in [1.807, 2.05) is 66.5 Å². The number of H-pyrrole nitrogens is 2. The normalized spacial score (nSPS) is 19.1. The zero-order valence-corrected chi connectivity index (χ0v) is 22.4. The highest BCUT2D eigenvalue weighted by atomic mass is 16.2. The molecule has 40 heavy (non-hydrogen) atoms. The highest BCUT2D eigenvalue weighted by molar-refractivity contribution is 5.83. The van der Waals surface area contributed by atoms with Crippen LogP contribution in [-0.4, -0.2) is 54.3 Å². The Kier molecular flexibility index (Phi) is 6.66. The van der Waals surface area contributed by atoms with E-state index < -0.39 is 16.8 Å². The molecule has 0 aliphatic carbocycles. The highest BCUT2D eigenvalue weighted by Crippen LogP contribution is 2.31. The van der Waals surface area contributed by atoms with Crippen LogP contribution in [0.5, 0.6) is 0 Å². The van der Waals surface area contributed by atoms with Gasteiger partial charge in [-0.3, -0.25) is 15.1 Å². The van der Waals surface area contributed by atoms with Crippen LogP contribution in [0.1, 0.15) is 32.4 Å². The highest BCUT2D eigenvalue weighted by Gasteiger charge is 2.43. The second-order valence-corrected chi connectivity index (χ2v) is 10.2. The smallest absolute Gasteiger partial charge is 0.339 e. The van der Waals surface area contributed by atoms with E-state index in [4.69, 9.17) is 9.97 Å². The molecule has 1 aliphatic rings. The van der Waals surface area contributed by atoms with Crippen molar-refractivity contribution in [2.45, 2.75) is 44.7 Å². The van der Waals surface area contributed by atoms with Crippen LogP contribution in [0, 0.1) is 11.8 Å². The fourth-order valence-corrected chi connectivity index (χ4v) is 5.71. The van der Waals surface area contributed by atoms with Gasteiger partial charge in [0, 0.05) is 29.5 Å². The van der Waals surface area contributed by atoms with Gasteiger partial charge in [-0.1, -0.05) is 54.5 Å². The van der Waals surface area contributed by atoms with Crippen LogP contribution in [0.15, 0.2) is 70.5 Å². The number of para-hydroxylation sites is 1. The summed E-state index contributed by atoms with van der Waals surface area (Å²) in [5.41, 5.74) is 1.68. The lowest BCUT2D eigenvalue weighted by molar-refractivity contribution is 0.198. The van der Waals surface area contributed by atoms with Crippen LogP contribution in [0.25, 0.3) is 33.5 Å². The van der Waals surface area contributed by atoms with E-state index in [0.717, 1.165) is 35.0 Å². The summed E-state index contributed by atoms with van der Waals surface area (Å²) >= 11 is 0. The molecule has 0 amide bonds. The van der Waals surface area contributed by atoms with E-state index in [2.05, 4.69) is 39.0 Å². The SMILES string of the molecule is CC#CCNC1(C)CCCN(n2c(=O)[nH]c3nc[nH]c3c2=O)C1Cc1nc(-c2ccccc2)nc2ccccc12. The van der Waals surface area contributed by atoms with E-state index in [1.165, 1.54) is 11.0 Å². The van der Waals surface area contributed by atoms with E-state index >= 15 is 0 Å². The van der Waals surface area contributed by atoms with Crippen molar-refractivity contribution < 1.29 is 0 Å². The summed E-state index contributed by atoms with van der Waals surface area (Å²) in [5, 5.41) is 6.45. The molecular formula is C30H30N8O2. The molecule has 4 heterocycles. The van der Waals surface area contributed by atoms with Crippen LogP contribution < -0.4 is 21.6 Å². The maximum atomic E-state index is 13.6. The van der Waals surface area contributed by atoms with Gasteiger partial charge >= 0.3 is 11.2 Å².